The quantitative estimate of drug-likeness (QED) is 0.408. The van der Waals surface area contributed by atoms with E-state index in [4.69, 9.17) is 14.2 Å². The van der Waals surface area contributed by atoms with E-state index >= 15 is 0 Å². The number of hydrogen-bond donors (Lipinski definition) is 3. The predicted molar refractivity (Wildman–Crippen MR) is 143 cm³/mol. The first-order valence-electron chi connectivity index (χ1n) is 13.6. The fourth-order valence-corrected chi connectivity index (χ4v) is 4.76. The van der Waals surface area contributed by atoms with Gasteiger partial charge in [0.15, 0.2) is 11.5 Å². The molecule has 37 heavy (non-hydrogen) atoms. The van der Waals surface area contributed by atoms with E-state index in [-0.39, 0.29) is 42.2 Å². The Bertz CT molecular complexity index is 838. The number of amides is 3. The van der Waals surface area contributed by atoms with Crippen molar-refractivity contribution in [3.8, 4) is 17.2 Å². The first kappa shape index (κ1) is 30.3. The molecule has 1 unspecified atom stereocenters. The van der Waals surface area contributed by atoms with Crippen molar-refractivity contribution < 1.29 is 28.6 Å². The van der Waals surface area contributed by atoms with Crippen molar-refractivity contribution >= 4 is 17.7 Å². The summed E-state index contributed by atoms with van der Waals surface area (Å²) in [5.74, 6) is -0.0381. The van der Waals surface area contributed by atoms with E-state index < -0.39 is 5.91 Å². The third-order valence-electron chi connectivity index (χ3n) is 6.78. The highest BCUT2D eigenvalue weighted by Crippen LogP contribution is 2.38. The van der Waals surface area contributed by atoms with E-state index in [0.29, 0.717) is 17.2 Å². The van der Waals surface area contributed by atoms with Crippen molar-refractivity contribution in [2.24, 2.45) is 5.92 Å². The maximum Gasteiger partial charge on any atom is 0.269 e. The summed E-state index contributed by atoms with van der Waals surface area (Å²) in [5.41, 5.74) is 5.07. The van der Waals surface area contributed by atoms with Gasteiger partial charge < -0.3 is 19.5 Å². The van der Waals surface area contributed by atoms with Gasteiger partial charge in [-0.05, 0) is 30.9 Å². The second kappa shape index (κ2) is 16.7. The molecule has 1 saturated carbocycles. The standard InChI is InChI=1S/C28H45N3O6/c1-20(16-25(32)29-22-14-12-10-8-6-5-7-9-11-13-15-22)17-26(33)30-31-28(34)21-18-23(35-2)27(37-4)24(19-21)36-3/h18-20,22H,5-17H2,1-4H3,(H,29,32)(H,30,33)(H,31,34). The van der Waals surface area contributed by atoms with Crippen LogP contribution >= 0.6 is 0 Å². The van der Waals surface area contributed by atoms with E-state index in [0.717, 1.165) is 25.7 Å². The van der Waals surface area contributed by atoms with E-state index in [1.807, 2.05) is 6.92 Å². The lowest BCUT2D eigenvalue weighted by atomic mass is 9.97. The van der Waals surface area contributed by atoms with Gasteiger partial charge in [-0.3, -0.25) is 25.2 Å². The van der Waals surface area contributed by atoms with Crippen LogP contribution in [-0.4, -0.2) is 45.1 Å². The van der Waals surface area contributed by atoms with Gasteiger partial charge >= 0.3 is 0 Å². The summed E-state index contributed by atoms with van der Waals surface area (Å²) >= 11 is 0. The Balaban J connectivity index is 1.79. The van der Waals surface area contributed by atoms with Crippen LogP contribution in [0.25, 0.3) is 0 Å². The summed E-state index contributed by atoms with van der Waals surface area (Å²) in [5, 5.41) is 3.20. The fourth-order valence-electron chi connectivity index (χ4n) is 4.76. The molecule has 208 valence electrons. The van der Waals surface area contributed by atoms with Crippen LogP contribution in [0, 0.1) is 5.92 Å². The molecule has 1 atom stereocenters. The molecular formula is C28H45N3O6. The van der Waals surface area contributed by atoms with Crippen LogP contribution in [0.15, 0.2) is 12.1 Å². The molecule has 0 aromatic heterocycles. The molecule has 3 amide bonds. The second-order valence-corrected chi connectivity index (χ2v) is 9.95. The number of ether oxygens (including phenoxy) is 3. The zero-order valence-corrected chi connectivity index (χ0v) is 23.0. The molecule has 0 saturated heterocycles. The van der Waals surface area contributed by atoms with Crippen molar-refractivity contribution in [1.29, 1.82) is 0 Å². The average Bonchev–Trinajstić information content (AvgIpc) is 2.87. The van der Waals surface area contributed by atoms with Crippen molar-refractivity contribution in [3.05, 3.63) is 17.7 Å². The Morgan fingerprint density at radius 1 is 0.757 bits per heavy atom. The zero-order chi connectivity index (χ0) is 27.0. The first-order valence-corrected chi connectivity index (χ1v) is 13.6. The van der Waals surface area contributed by atoms with Gasteiger partial charge in [0.1, 0.15) is 0 Å². The monoisotopic (exact) mass is 519 g/mol. The molecule has 9 heteroatoms. The molecular weight excluding hydrogens is 474 g/mol. The molecule has 0 heterocycles. The van der Waals surface area contributed by atoms with Gasteiger partial charge in [0.05, 0.1) is 21.3 Å². The van der Waals surface area contributed by atoms with Crippen molar-refractivity contribution in [2.75, 3.05) is 21.3 Å². The average molecular weight is 520 g/mol. The largest absolute Gasteiger partial charge is 0.493 e. The van der Waals surface area contributed by atoms with Crippen LogP contribution in [0.3, 0.4) is 0 Å². The maximum absolute atomic E-state index is 12.7. The van der Waals surface area contributed by atoms with Crippen LogP contribution in [-0.2, 0) is 9.59 Å². The van der Waals surface area contributed by atoms with Crippen LogP contribution < -0.4 is 30.4 Å². The fraction of sp³-hybridized carbons (Fsp3) is 0.679. The Labute approximate surface area is 221 Å². The zero-order valence-electron chi connectivity index (χ0n) is 23.0. The molecule has 0 aliphatic heterocycles. The van der Waals surface area contributed by atoms with E-state index in [9.17, 15) is 14.4 Å². The number of benzene rings is 1. The lowest BCUT2D eigenvalue weighted by Gasteiger charge is -2.21. The molecule has 0 spiro atoms. The predicted octanol–water partition coefficient (Wildman–Crippen LogP) is 4.68. The summed E-state index contributed by atoms with van der Waals surface area (Å²) in [4.78, 5) is 37.6. The smallest absolute Gasteiger partial charge is 0.269 e. The Hall–Kier alpha value is -2.97. The lowest BCUT2D eigenvalue weighted by molar-refractivity contribution is -0.124. The second-order valence-electron chi connectivity index (χ2n) is 9.95. The molecule has 2 rings (SSSR count). The molecule has 0 radical (unpaired) electrons. The van der Waals surface area contributed by atoms with Crippen molar-refractivity contribution in [2.45, 2.75) is 96.4 Å². The van der Waals surface area contributed by atoms with Crippen LogP contribution in [0.4, 0.5) is 0 Å². The molecule has 9 nitrogen and oxygen atoms in total. The Kier molecular flexibility index (Phi) is 13.7. The Morgan fingerprint density at radius 3 is 1.73 bits per heavy atom. The minimum absolute atomic E-state index is 0.0150. The Morgan fingerprint density at radius 2 is 1.24 bits per heavy atom. The number of methoxy groups -OCH3 is 3. The van der Waals surface area contributed by atoms with Crippen LogP contribution in [0.1, 0.15) is 101 Å². The summed E-state index contributed by atoms with van der Waals surface area (Å²) in [7, 11) is 4.39. The summed E-state index contributed by atoms with van der Waals surface area (Å²) < 4.78 is 15.8. The van der Waals surface area contributed by atoms with E-state index in [2.05, 4.69) is 16.2 Å². The normalized spacial score (nSPS) is 16.3. The van der Waals surface area contributed by atoms with Crippen LogP contribution in [0.2, 0.25) is 0 Å². The van der Waals surface area contributed by atoms with Gasteiger partial charge in [-0.2, -0.15) is 0 Å². The molecule has 1 aliphatic carbocycles. The summed E-state index contributed by atoms with van der Waals surface area (Å²) in [6, 6.07) is 3.21. The van der Waals surface area contributed by atoms with Gasteiger partial charge in [0, 0.05) is 24.4 Å². The highest BCUT2D eigenvalue weighted by Gasteiger charge is 2.19. The third kappa shape index (κ3) is 10.9. The summed E-state index contributed by atoms with van der Waals surface area (Å²) in [6.07, 6.45) is 13.7. The van der Waals surface area contributed by atoms with Gasteiger partial charge in [-0.15, -0.1) is 0 Å². The molecule has 3 N–H and O–H groups in total. The van der Waals surface area contributed by atoms with Crippen LogP contribution in [0.5, 0.6) is 17.2 Å². The van der Waals surface area contributed by atoms with Crippen molar-refractivity contribution in [3.63, 3.8) is 0 Å². The minimum atomic E-state index is -0.527. The SMILES string of the molecule is COc1cc(C(=O)NNC(=O)CC(C)CC(=O)NC2CCCCCCCCCCC2)cc(OC)c1OC. The molecule has 1 fully saturated rings. The lowest BCUT2D eigenvalue weighted by Crippen LogP contribution is -2.42. The third-order valence-corrected chi connectivity index (χ3v) is 6.78. The molecule has 0 bridgehead atoms. The number of nitrogens with one attached hydrogen (secondary N) is 3. The molecule has 1 aromatic carbocycles. The highest BCUT2D eigenvalue weighted by molar-refractivity contribution is 5.96. The van der Waals surface area contributed by atoms with E-state index in [1.54, 1.807) is 0 Å². The maximum atomic E-state index is 12.7. The van der Waals surface area contributed by atoms with E-state index in [1.165, 1.54) is 78.4 Å². The molecule has 1 aliphatic rings. The number of rotatable bonds is 9. The molecule has 1 aromatic rings. The minimum Gasteiger partial charge on any atom is -0.493 e. The highest BCUT2D eigenvalue weighted by atomic mass is 16.5. The summed E-state index contributed by atoms with van der Waals surface area (Å²) in [6.45, 7) is 1.86. The number of carbonyl (C=O) groups is 3. The van der Waals surface area contributed by atoms with Gasteiger partial charge in [0.25, 0.3) is 5.91 Å². The number of hydrazine groups is 1. The topological polar surface area (TPSA) is 115 Å². The van der Waals surface area contributed by atoms with Gasteiger partial charge in [-0.1, -0.05) is 64.7 Å². The number of carbonyl (C=O) groups excluding carboxylic acids is 3. The van der Waals surface area contributed by atoms with Crippen molar-refractivity contribution in [1.82, 2.24) is 16.2 Å². The number of hydrogen-bond acceptors (Lipinski definition) is 6. The first-order chi connectivity index (χ1) is 17.9. The van der Waals surface area contributed by atoms with Gasteiger partial charge in [-0.25, -0.2) is 0 Å². The van der Waals surface area contributed by atoms with Gasteiger partial charge in [0.2, 0.25) is 17.6 Å².